The number of nitrogens with zero attached hydrogens (tertiary/aromatic N) is 3. The maximum atomic E-state index is 12.6. The molecule has 0 unspecified atom stereocenters. The second-order valence-electron chi connectivity index (χ2n) is 5.06. The van der Waals surface area contributed by atoms with Gasteiger partial charge in [-0.2, -0.15) is 13.2 Å². The number of rotatable bonds is 4. The molecule has 0 aliphatic heterocycles. The maximum absolute atomic E-state index is 12.6. The number of nitrogens with one attached hydrogen (secondary N) is 1. The van der Waals surface area contributed by atoms with Gasteiger partial charge in [-0.05, 0) is 36.4 Å². The van der Waals surface area contributed by atoms with E-state index in [9.17, 15) is 13.2 Å². The molecule has 0 saturated carbocycles. The number of hydrogen-bond donors (Lipinski definition) is 1. The Morgan fingerprint density at radius 2 is 1.64 bits per heavy atom. The largest absolute Gasteiger partial charge is 0.467 e. The number of anilines is 2. The zero-order chi connectivity index (χ0) is 17.9. The minimum absolute atomic E-state index is 0.241. The van der Waals surface area contributed by atoms with E-state index in [1.165, 1.54) is 19.2 Å². The minimum Gasteiger partial charge on any atom is -0.467 e. The number of halogens is 3. The summed E-state index contributed by atoms with van der Waals surface area (Å²) in [6, 6.07) is 8.53. The highest BCUT2D eigenvalue weighted by atomic mass is 19.4. The number of alkyl halides is 3. The molecule has 5 nitrogen and oxygen atoms in total. The van der Waals surface area contributed by atoms with Crippen LogP contribution in [0.3, 0.4) is 0 Å². The van der Waals surface area contributed by atoms with Gasteiger partial charge in [0, 0.05) is 35.4 Å². The molecule has 8 heteroatoms. The van der Waals surface area contributed by atoms with Crippen molar-refractivity contribution in [3.8, 4) is 17.1 Å². The Kier molecular flexibility index (Phi) is 4.51. The van der Waals surface area contributed by atoms with Crippen LogP contribution in [0.25, 0.3) is 11.1 Å². The SMILES string of the molecule is COc1ncc(-c2cccnc2Nc2ccc(C(F)(F)F)cc2)cn1. The van der Waals surface area contributed by atoms with Crippen molar-refractivity contribution >= 4 is 11.5 Å². The predicted octanol–water partition coefficient (Wildman–Crippen LogP) is 4.31. The standard InChI is InChI=1S/C17H13F3N4O/c1-25-16-22-9-11(10-23-16)14-3-2-8-21-15(14)24-13-6-4-12(5-7-13)17(18,19)20/h2-10H,1H3,(H,21,24). The molecule has 0 atom stereocenters. The van der Waals surface area contributed by atoms with Crippen molar-refractivity contribution in [3.05, 3.63) is 60.6 Å². The third kappa shape index (κ3) is 3.85. The van der Waals surface area contributed by atoms with Gasteiger partial charge in [0.05, 0.1) is 12.7 Å². The van der Waals surface area contributed by atoms with Gasteiger partial charge in [-0.15, -0.1) is 0 Å². The molecule has 0 aliphatic rings. The topological polar surface area (TPSA) is 59.9 Å². The van der Waals surface area contributed by atoms with Crippen LogP contribution in [0, 0.1) is 0 Å². The highest BCUT2D eigenvalue weighted by molar-refractivity contribution is 5.77. The van der Waals surface area contributed by atoms with Gasteiger partial charge in [0.25, 0.3) is 0 Å². The summed E-state index contributed by atoms with van der Waals surface area (Å²) in [6.45, 7) is 0. The second-order valence-corrected chi connectivity index (χ2v) is 5.06. The van der Waals surface area contributed by atoms with E-state index in [2.05, 4.69) is 20.3 Å². The van der Waals surface area contributed by atoms with Gasteiger partial charge < -0.3 is 10.1 Å². The van der Waals surface area contributed by atoms with Gasteiger partial charge in [-0.25, -0.2) is 15.0 Å². The Balaban J connectivity index is 1.88. The lowest BCUT2D eigenvalue weighted by atomic mass is 10.1. The summed E-state index contributed by atoms with van der Waals surface area (Å²) < 4.78 is 42.8. The van der Waals surface area contributed by atoms with Gasteiger partial charge >= 0.3 is 12.2 Å². The minimum atomic E-state index is -4.37. The number of methoxy groups -OCH3 is 1. The first-order valence-electron chi connectivity index (χ1n) is 7.23. The van der Waals surface area contributed by atoms with Gasteiger partial charge in [-0.3, -0.25) is 0 Å². The van der Waals surface area contributed by atoms with Crippen LogP contribution in [0.1, 0.15) is 5.56 Å². The van der Waals surface area contributed by atoms with Crippen LogP contribution in [0.2, 0.25) is 0 Å². The highest BCUT2D eigenvalue weighted by Crippen LogP contribution is 2.31. The molecule has 0 spiro atoms. The molecule has 0 fully saturated rings. The molecule has 0 radical (unpaired) electrons. The Labute approximate surface area is 141 Å². The first-order valence-corrected chi connectivity index (χ1v) is 7.23. The first kappa shape index (κ1) is 16.7. The van der Waals surface area contributed by atoms with Crippen molar-refractivity contribution in [2.75, 3.05) is 12.4 Å². The van der Waals surface area contributed by atoms with E-state index in [1.807, 2.05) is 6.07 Å². The summed E-state index contributed by atoms with van der Waals surface area (Å²) in [4.78, 5) is 12.3. The molecule has 0 amide bonds. The Morgan fingerprint density at radius 3 is 2.24 bits per heavy atom. The van der Waals surface area contributed by atoms with Crippen LogP contribution >= 0.6 is 0 Å². The van der Waals surface area contributed by atoms with Gasteiger partial charge in [0.2, 0.25) is 0 Å². The van der Waals surface area contributed by atoms with E-state index >= 15 is 0 Å². The fraction of sp³-hybridized carbons (Fsp3) is 0.118. The number of benzene rings is 1. The van der Waals surface area contributed by atoms with Crippen molar-refractivity contribution in [2.45, 2.75) is 6.18 Å². The predicted molar refractivity (Wildman–Crippen MR) is 86.5 cm³/mol. The third-order valence-electron chi connectivity index (χ3n) is 3.40. The quantitative estimate of drug-likeness (QED) is 0.763. The fourth-order valence-electron chi connectivity index (χ4n) is 2.18. The monoisotopic (exact) mass is 346 g/mol. The van der Waals surface area contributed by atoms with Gasteiger partial charge in [0.1, 0.15) is 5.82 Å². The van der Waals surface area contributed by atoms with Crippen molar-refractivity contribution in [1.82, 2.24) is 15.0 Å². The molecule has 3 rings (SSSR count). The summed E-state index contributed by atoms with van der Waals surface area (Å²) in [5.41, 5.74) is 1.19. The molecule has 1 N–H and O–H groups in total. The Bertz CT molecular complexity index is 849. The zero-order valence-electron chi connectivity index (χ0n) is 13.1. The molecule has 0 saturated heterocycles. The second kappa shape index (κ2) is 6.76. The van der Waals surface area contributed by atoms with E-state index in [1.54, 1.807) is 24.7 Å². The average Bonchev–Trinajstić information content (AvgIpc) is 2.62. The smallest absolute Gasteiger partial charge is 0.416 e. The molecule has 25 heavy (non-hydrogen) atoms. The lowest BCUT2D eigenvalue weighted by Crippen LogP contribution is -2.04. The lowest BCUT2D eigenvalue weighted by molar-refractivity contribution is -0.137. The van der Waals surface area contributed by atoms with E-state index < -0.39 is 11.7 Å². The van der Waals surface area contributed by atoms with Crippen molar-refractivity contribution in [1.29, 1.82) is 0 Å². The molecule has 1 aromatic carbocycles. The molecular weight excluding hydrogens is 333 g/mol. The summed E-state index contributed by atoms with van der Waals surface area (Å²) in [6.07, 6.45) is 0.386. The molecule has 2 aromatic heterocycles. The summed E-state index contributed by atoms with van der Waals surface area (Å²) >= 11 is 0. The Morgan fingerprint density at radius 1 is 0.960 bits per heavy atom. The third-order valence-corrected chi connectivity index (χ3v) is 3.40. The van der Waals surface area contributed by atoms with Crippen LogP contribution in [0.5, 0.6) is 6.01 Å². The molecule has 0 bridgehead atoms. The van der Waals surface area contributed by atoms with Gasteiger partial charge in [0.15, 0.2) is 0 Å². The number of aromatic nitrogens is 3. The number of hydrogen-bond acceptors (Lipinski definition) is 5. The van der Waals surface area contributed by atoms with Crippen LogP contribution in [0.15, 0.2) is 55.0 Å². The number of ether oxygens (including phenoxy) is 1. The van der Waals surface area contributed by atoms with Crippen LogP contribution in [0.4, 0.5) is 24.7 Å². The zero-order valence-corrected chi connectivity index (χ0v) is 13.1. The number of pyridine rings is 1. The molecule has 2 heterocycles. The first-order chi connectivity index (χ1) is 12.0. The summed E-state index contributed by atoms with van der Waals surface area (Å²) in [5, 5.41) is 3.01. The van der Waals surface area contributed by atoms with Gasteiger partial charge in [-0.1, -0.05) is 0 Å². The average molecular weight is 346 g/mol. The lowest BCUT2D eigenvalue weighted by Gasteiger charge is -2.12. The molecule has 0 aliphatic carbocycles. The van der Waals surface area contributed by atoms with E-state index in [4.69, 9.17) is 4.74 Å². The van der Waals surface area contributed by atoms with Crippen molar-refractivity contribution in [3.63, 3.8) is 0 Å². The van der Waals surface area contributed by atoms with E-state index in [0.29, 0.717) is 22.6 Å². The van der Waals surface area contributed by atoms with Crippen LogP contribution in [-0.4, -0.2) is 22.1 Å². The molecular formula is C17H13F3N4O. The molecule has 128 valence electrons. The van der Waals surface area contributed by atoms with E-state index in [0.717, 1.165) is 12.1 Å². The summed E-state index contributed by atoms with van der Waals surface area (Å²) in [7, 11) is 1.47. The Hall–Kier alpha value is -3.16. The highest BCUT2D eigenvalue weighted by Gasteiger charge is 2.29. The van der Waals surface area contributed by atoms with Crippen LogP contribution < -0.4 is 10.1 Å². The van der Waals surface area contributed by atoms with Crippen LogP contribution in [-0.2, 0) is 6.18 Å². The normalized spacial score (nSPS) is 11.2. The molecule has 3 aromatic rings. The van der Waals surface area contributed by atoms with Crippen molar-refractivity contribution in [2.24, 2.45) is 0 Å². The van der Waals surface area contributed by atoms with E-state index in [-0.39, 0.29) is 6.01 Å². The van der Waals surface area contributed by atoms with Crippen molar-refractivity contribution < 1.29 is 17.9 Å². The fourth-order valence-corrected chi connectivity index (χ4v) is 2.18. The summed E-state index contributed by atoms with van der Waals surface area (Å²) in [5.74, 6) is 0.482. The maximum Gasteiger partial charge on any atom is 0.416 e.